The standard InChI is InChI=1S/C33H35NO3/c35-33-23-27-12-8-20-36-24-28-13-4-6-16-31(28)32-17-7-5-14-29(32)25-37-21-9-15-30(22-27)34(33)19-18-26-10-2-1-3-11-26/h1-7,10-11,13-14,16-17,22-23H,8-9,12,15,18-21,24-25H2. The van der Waals surface area contributed by atoms with Crippen molar-refractivity contribution in [1.29, 1.82) is 0 Å². The lowest BCUT2D eigenvalue weighted by atomic mass is 9.96. The number of hydrogen-bond donors (Lipinski definition) is 0. The summed E-state index contributed by atoms with van der Waals surface area (Å²) in [5.74, 6) is 0. The summed E-state index contributed by atoms with van der Waals surface area (Å²) < 4.78 is 14.2. The second-order valence-corrected chi connectivity index (χ2v) is 9.71. The summed E-state index contributed by atoms with van der Waals surface area (Å²) in [5.41, 5.74) is 8.29. The van der Waals surface area contributed by atoms with E-state index in [0.29, 0.717) is 33.0 Å². The molecular formula is C33H35NO3. The zero-order chi connectivity index (χ0) is 25.3. The van der Waals surface area contributed by atoms with Gasteiger partial charge in [0.1, 0.15) is 0 Å². The van der Waals surface area contributed by atoms with Crippen molar-refractivity contribution in [2.45, 2.75) is 51.9 Å². The van der Waals surface area contributed by atoms with Gasteiger partial charge in [0, 0.05) is 31.5 Å². The molecule has 2 heterocycles. The predicted molar refractivity (Wildman–Crippen MR) is 149 cm³/mol. The number of aryl methyl sites for hydroxylation is 3. The van der Waals surface area contributed by atoms with E-state index in [-0.39, 0.29) is 5.56 Å². The van der Waals surface area contributed by atoms with E-state index in [1.807, 2.05) is 16.7 Å². The Morgan fingerprint density at radius 3 is 1.95 bits per heavy atom. The van der Waals surface area contributed by atoms with E-state index in [2.05, 4.69) is 78.9 Å². The molecule has 0 atom stereocenters. The van der Waals surface area contributed by atoms with E-state index in [1.165, 1.54) is 27.8 Å². The number of hydrogen-bond acceptors (Lipinski definition) is 3. The fourth-order valence-corrected chi connectivity index (χ4v) is 5.12. The van der Waals surface area contributed by atoms with Crippen LogP contribution < -0.4 is 5.56 Å². The molecule has 1 aromatic heterocycles. The van der Waals surface area contributed by atoms with Crippen molar-refractivity contribution >= 4 is 0 Å². The monoisotopic (exact) mass is 493 g/mol. The van der Waals surface area contributed by atoms with Gasteiger partial charge in [0.25, 0.3) is 5.56 Å². The predicted octanol–water partition coefficient (Wildman–Crippen LogP) is 6.37. The van der Waals surface area contributed by atoms with Crippen LogP contribution in [0.25, 0.3) is 11.1 Å². The van der Waals surface area contributed by atoms with Crippen LogP contribution in [0.3, 0.4) is 0 Å². The molecule has 37 heavy (non-hydrogen) atoms. The second kappa shape index (κ2) is 12.7. The van der Waals surface area contributed by atoms with Gasteiger partial charge in [0.05, 0.1) is 13.2 Å². The average molecular weight is 494 g/mol. The first-order chi connectivity index (χ1) is 18.3. The van der Waals surface area contributed by atoms with Crippen LogP contribution >= 0.6 is 0 Å². The second-order valence-electron chi connectivity index (χ2n) is 9.71. The Bertz CT molecular complexity index is 1360. The highest BCUT2D eigenvalue weighted by molar-refractivity contribution is 5.70. The van der Waals surface area contributed by atoms with E-state index in [0.717, 1.165) is 43.4 Å². The Morgan fingerprint density at radius 1 is 0.676 bits per heavy atom. The first-order valence-electron chi connectivity index (χ1n) is 13.4. The molecule has 1 aliphatic heterocycles. The number of nitrogens with zero attached hydrogens (tertiary/aromatic N) is 1. The van der Waals surface area contributed by atoms with Gasteiger partial charge in [-0.15, -0.1) is 0 Å². The van der Waals surface area contributed by atoms with Gasteiger partial charge in [0.2, 0.25) is 0 Å². The lowest BCUT2D eigenvalue weighted by Crippen LogP contribution is -2.25. The Kier molecular flexibility index (Phi) is 8.62. The van der Waals surface area contributed by atoms with E-state index in [4.69, 9.17) is 9.47 Å². The van der Waals surface area contributed by atoms with Gasteiger partial charge in [-0.2, -0.15) is 0 Å². The largest absolute Gasteiger partial charge is 0.377 e. The fourth-order valence-electron chi connectivity index (χ4n) is 5.12. The molecule has 0 aliphatic carbocycles. The molecule has 5 rings (SSSR count). The molecule has 0 N–H and O–H groups in total. The van der Waals surface area contributed by atoms with Crippen molar-refractivity contribution in [2.24, 2.45) is 0 Å². The summed E-state index contributed by atoms with van der Waals surface area (Å²) >= 11 is 0. The maximum Gasteiger partial charge on any atom is 0.250 e. The summed E-state index contributed by atoms with van der Waals surface area (Å²) in [5, 5.41) is 0. The summed E-state index contributed by atoms with van der Waals surface area (Å²) in [6.45, 7) is 3.12. The molecule has 4 heteroatoms. The minimum absolute atomic E-state index is 0.0889. The quantitative estimate of drug-likeness (QED) is 0.333. The van der Waals surface area contributed by atoms with Crippen LogP contribution in [0.2, 0.25) is 0 Å². The number of rotatable bonds is 3. The number of benzene rings is 3. The fraction of sp³-hybridized carbons (Fsp3) is 0.303. The first kappa shape index (κ1) is 25.2. The molecule has 0 saturated heterocycles. The SMILES string of the molecule is O=c1cc2cc(n1CCc1ccccc1)CCCOCc1ccccc1-c1ccccc1COCCC2. The number of aromatic nitrogens is 1. The van der Waals surface area contributed by atoms with E-state index >= 15 is 0 Å². The van der Waals surface area contributed by atoms with Crippen molar-refractivity contribution < 1.29 is 9.47 Å². The van der Waals surface area contributed by atoms with Gasteiger partial charge in [-0.1, -0.05) is 78.9 Å². The smallest absolute Gasteiger partial charge is 0.250 e. The molecule has 0 radical (unpaired) electrons. The van der Waals surface area contributed by atoms with Gasteiger partial charge in [-0.25, -0.2) is 0 Å². The van der Waals surface area contributed by atoms with Crippen LogP contribution in [0.1, 0.15) is 40.8 Å². The molecule has 4 nitrogen and oxygen atoms in total. The molecule has 0 spiro atoms. The van der Waals surface area contributed by atoms with Crippen LogP contribution in [-0.2, 0) is 48.5 Å². The van der Waals surface area contributed by atoms with Crippen molar-refractivity contribution in [3.05, 3.63) is 129 Å². The summed E-state index contributed by atoms with van der Waals surface area (Å²) in [6, 6.07) is 31.3. The molecule has 190 valence electrons. The molecule has 3 aromatic carbocycles. The maximum atomic E-state index is 13.1. The molecular weight excluding hydrogens is 458 g/mol. The Balaban J connectivity index is 1.36. The van der Waals surface area contributed by atoms with Crippen LogP contribution in [0, 0.1) is 0 Å². The summed E-state index contributed by atoms with van der Waals surface area (Å²) in [4.78, 5) is 13.1. The summed E-state index contributed by atoms with van der Waals surface area (Å²) in [6.07, 6.45) is 4.25. The highest BCUT2D eigenvalue weighted by Crippen LogP contribution is 2.28. The van der Waals surface area contributed by atoms with Crippen molar-refractivity contribution in [1.82, 2.24) is 4.57 Å². The molecule has 0 amide bonds. The summed E-state index contributed by atoms with van der Waals surface area (Å²) in [7, 11) is 0. The molecule has 4 aromatic rings. The zero-order valence-corrected chi connectivity index (χ0v) is 21.4. The van der Waals surface area contributed by atoms with Crippen molar-refractivity contribution in [3.63, 3.8) is 0 Å². The minimum atomic E-state index is 0.0889. The highest BCUT2D eigenvalue weighted by atomic mass is 16.5. The topological polar surface area (TPSA) is 40.5 Å². The Morgan fingerprint density at radius 2 is 1.27 bits per heavy atom. The molecule has 1 aliphatic rings. The van der Waals surface area contributed by atoms with Crippen LogP contribution in [0.15, 0.2) is 95.8 Å². The lowest BCUT2D eigenvalue weighted by molar-refractivity contribution is 0.118. The van der Waals surface area contributed by atoms with Gasteiger partial charge >= 0.3 is 0 Å². The Hall–Kier alpha value is -3.47. The van der Waals surface area contributed by atoms with E-state index in [1.54, 1.807) is 0 Å². The average Bonchev–Trinajstić information content (AvgIpc) is 2.93. The molecule has 2 bridgehead atoms. The zero-order valence-electron chi connectivity index (χ0n) is 21.4. The van der Waals surface area contributed by atoms with Crippen molar-refractivity contribution in [2.75, 3.05) is 13.2 Å². The van der Waals surface area contributed by atoms with Gasteiger partial charge in [0.15, 0.2) is 0 Å². The Labute approximate surface area is 219 Å². The van der Waals surface area contributed by atoms with Gasteiger partial charge in [-0.05, 0) is 71.6 Å². The van der Waals surface area contributed by atoms with E-state index < -0.39 is 0 Å². The van der Waals surface area contributed by atoms with Gasteiger partial charge in [-0.3, -0.25) is 4.79 Å². The molecule has 0 unspecified atom stereocenters. The number of fused-ring (bicyclic) bond motifs is 5. The third-order valence-electron chi connectivity index (χ3n) is 7.06. The van der Waals surface area contributed by atoms with Crippen LogP contribution in [-0.4, -0.2) is 17.8 Å². The lowest BCUT2D eigenvalue weighted by Gasteiger charge is -2.15. The normalized spacial score (nSPS) is 14.8. The van der Waals surface area contributed by atoms with Gasteiger partial charge < -0.3 is 14.0 Å². The third kappa shape index (κ3) is 6.65. The minimum Gasteiger partial charge on any atom is -0.377 e. The van der Waals surface area contributed by atoms with Crippen LogP contribution in [0.5, 0.6) is 0 Å². The van der Waals surface area contributed by atoms with Crippen molar-refractivity contribution in [3.8, 4) is 11.1 Å². The molecule has 0 saturated carbocycles. The number of ether oxygens (including phenoxy) is 2. The molecule has 0 fully saturated rings. The highest BCUT2D eigenvalue weighted by Gasteiger charge is 2.12. The van der Waals surface area contributed by atoms with E-state index in [9.17, 15) is 4.79 Å². The first-order valence-corrected chi connectivity index (χ1v) is 13.4. The third-order valence-corrected chi connectivity index (χ3v) is 7.06. The van der Waals surface area contributed by atoms with Crippen LogP contribution in [0.4, 0.5) is 0 Å². The maximum absolute atomic E-state index is 13.1. The number of pyridine rings is 1.